The summed E-state index contributed by atoms with van der Waals surface area (Å²) in [7, 11) is 0. The van der Waals surface area contributed by atoms with Crippen LogP contribution in [0.1, 0.15) is 61.5 Å². The Bertz CT molecular complexity index is 1370. The zero-order chi connectivity index (χ0) is 28.1. The number of imidazole rings is 1. The number of rotatable bonds is 6. The maximum atomic E-state index is 16.3. The standard InChI is InChI=1S/C29H31F5N4O2/c30-23-21(27(10-13-40-14-11-27)26(39)38-16-29(33,34)17-38)4-5-22-24(23)37-25(36-22)20(15-19-3-1-2-12-35-19)18-6-8-28(31,32)9-7-18/h1-5,12,18,20H,6-11,13-17H2,(H,36,37)/t20-/m0/s1. The highest BCUT2D eigenvalue weighted by molar-refractivity contribution is 5.91. The molecule has 0 radical (unpaired) electrons. The Morgan fingerprint density at radius 3 is 2.40 bits per heavy atom. The Balaban J connectivity index is 1.37. The fourth-order valence-electron chi connectivity index (χ4n) is 6.58. The summed E-state index contributed by atoms with van der Waals surface area (Å²) in [6, 6.07) is 8.72. The van der Waals surface area contributed by atoms with E-state index in [1.165, 1.54) is 6.07 Å². The quantitative estimate of drug-likeness (QED) is 0.387. The maximum absolute atomic E-state index is 16.3. The number of alkyl halides is 4. The van der Waals surface area contributed by atoms with Gasteiger partial charge in [0.25, 0.3) is 5.92 Å². The van der Waals surface area contributed by atoms with Crippen molar-refractivity contribution in [2.45, 2.75) is 68.1 Å². The minimum atomic E-state index is -2.94. The van der Waals surface area contributed by atoms with Gasteiger partial charge in [-0.2, -0.15) is 0 Å². The van der Waals surface area contributed by atoms with Crippen LogP contribution in [0.15, 0.2) is 36.5 Å². The molecule has 3 fully saturated rings. The maximum Gasteiger partial charge on any atom is 0.282 e. The van der Waals surface area contributed by atoms with Crippen LogP contribution in [0, 0.1) is 11.7 Å². The number of carbonyl (C=O) groups excluding carboxylic acids is 1. The number of nitrogens with one attached hydrogen (secondary N) is 1. The van der Waals surface area contributed by atoms with Crippen molar-refractivity contribution in [2.24, 2.45) is 5.92 Å². The van der Waals surface area contributed by atoms with Gasteiger partial charge in [0.2, 0.25) is 11.8 Å². The van der Waals surface area contributed by atoms with E-state index < -0.39 is 42.1 Å². The Labute approximate surface area is 228 Å². The molecule has 3 aliphatic rings. The lowest BCUT2D eigenvalue weighted by Gasteiger charge is -2.46. The summed E-state index contributed by atoms with van der Waals surface area (Å²) in [4.78, 5) is 26.9. The van der Waals surface area contributed by atoms with E-state index in [0.717, 1.165) is 10.6 Å². The number of ether oxygens (including phenoxy) is 1. The lowest BCUT2D eigenvalue weighted by atomic mass is 9.72. The molecule has 1 saturated carbocycles. The van der Waals surface area contributed by atoms with Crippen LogP contribution in [0.25, 0.3) is 11.0 Å². The van der Waals surface area contributed by atoms with E-state index in [4.69, 9.17) is 4.74 Å². The van der Waals surface area contributed by atoms with Gasteiger partial charge in [-0.3, -0.25) is 9.78 Å². The van der Waals surface area contributed by atoms with Crippen LogP contribution in [0.2, 0.25) is 0 Å². The zero-order valence-corrected chi connectivity index (χ0v) is 21.9. The van der Waals surface area contributed by atoms with E-state index in [-0.39, 0.29) is 61.8 Å². The summed E-state index contributed by atoms with van der Waals surface area (Å²) < 4.78 is 76.9. The fraction of sp³-hybridized carbons (Fsp3) is 0.552. The molecular formula is C29H31F5N4O2. The Hall–Kier alpha value is -3.08. The molecule has 2 aromatic heterocycles. The van der Waals surface area contributed by atoms with Crippen molar-refractivity contribution >= 4 is 16.9 Å². The topological polar surface area (TPSA) is 71.1 Å². The smallest absolute Gasteiger partial charge is 0.282 e. The number of likely N-dealkylation sites (tertiary alicyclic amines) is 1. The van der Waals surface area contributed by atoms with Crippen molar-refractivity contribution in [2.75, 3.05) is 26.3 Å². The van der Waals surface area contributed by atoms with Crippen LogP contribution in [-0.2, 0) is 21.4 Å². The number of fused-ring (bicyclic) bond motifs is 1. The summed E-state index contributed by atoms with van der Waals surface area (Å²) in [6.07, 6.45) is 2.67. The third kappa shape index (κ3) is 4.97. The Morgan fingerprint density at radius 2 is 1.75 bits per heavy atom. The molecule has 1 aliphatic carbocycles. The van der Waals surface area contributed by atoms with Crippen molar-refractivity contribution in [1.82, 2.24) is 19.9 Å². The molecule has 1 aromatic carbocycles. The second kappa shape index (κ2) is 10.1. The van der Waals surface area contributed by atoms with Crippen LogP contribution in [0.4, 0.5) is 22.0 Å². The highest BCUT2D eigenvalue weighted by Crippen LogP contribution is 2.45. The van der Waals surface area contributed by atoms with Gasteiger partial charge in [-0.1, -0.05) is 12.1 Å². The molecule has 40 heavy (non-hydrogen) atoms. The van der Waals surface area contributed by atoms with E-state index >= 15 is 4.39 Å². The minimum Gasteiger partial charge on any atom is -0.381 e. The fourth-order valence-corrected chi connectivity index (χ4v) is 6.58. The average Bonchev–Trinajstić information content (AvgIpc) is 3.36. The van der Waals surface area contributed by atoms with Gasteiger partial charge in [-0.25, -0.2) is 26.9 Å². The number of pyridine rings is 1. The molecule has 1 atom stereocenters. The molecule has 6 rings (SSSR count). The first-order chi connectivity index (χ1) is 19.1. The number of aromatic amines is 1. The lowest BCUT2D eigenvalue weighted by Crippen LogP contribution is -2.63. The number of H-pyrrole nitrogens is 1. The van der Waals surface area contributed by atoms with Crippen LogP contribution in [0.3, 0.4) is 0 Å². The lowest BCUT2D eigenvalue weighted by molar-refractivity contribution is -0.174. The Morgan fingerprint density at radius 1 is 1.02 bits per heavy atom. The first-order valence-corrected chi connectivity index (χ1v) is 13.8. The molecule has 214 valence electrons. The summed E-state index contributed by atoms with van der Waals surface area (Å²) in [6.45, 7) is -0.948. The summed E-state index contributed by atoms with van der Waals surface area (Å²) in [5, 5.41) is 0. The third-order valence-electron chi connectivity index (χ3n) is 8.85. The monoisotopic (exact) mass is 562 g/mol. The predicted molar refractivity (Wildman–Crippen MR) is 137 cm³/mol. The number of hydrogen-bond acceptors (Lipinski definition) is 4. The third-order valence-corrected chi connectivity index (χ3v) is 8.85. The minimum absolute atomic E-state index is 0.0484. The molecule has 11 heteroatoms. The number of hydrogen-bond donors (Lipinski definition) is 1. The van der Waals surface area contributed by atoms with E-state index in [9.17, 15) is 22.4 Å². The number of carbonyl (C=O) groups is 1. The molecule has 6 nitrogen and oxygen atoms in total. The molecule has 0 spiro atoms. The summed E-state index contributed by atoms with van der Waals surface area (Å²) >= 11 is 0. The van der Waals surface area contributed by atoms with Gasteiger partial charge in [-0.05, 0) is 56.2 Å². The predicted octanol–water partition coefficient (Wildman–Crippen LogP) is 5.77. The highest BCUT2D eigenvalue weighted by Gasteiger charge is 2.54. The molecular weight excluding hydrogens is 531 g/mol. The molecule has 1 amide bonds. The van der Waals surface area contributed by atoms with Gasteiger partial charge in [0.1, 0.15) is 11.3 Å². The van der Waals surface area contributed by atoms with Gasteiger partial charge < -0.3 is 14.6 Å². The number of halogens is 5. The average molecular weight is 563 g/mol. The first kappa shape index (κ1) is 27.1. The Kier molecular flexibility index (Phi) is 6.83. The van der Waals surface area contributed by atoms with Gasteiger partial charge in [-0.15, -0.1) is 0 Å². The summed E-state index contributed by atoms with van der Waals surface area (Å²) in [5.74, 6) is -6.72. The van der Waals surface area contributed by atoms with Crippen LogP contribution in [-0.4, -0.2) is 63.9 Å². The number of nitrogens with zero attached hydrogens (tertiary/aromatic N) is 3. The van der Waals surface area contributed by atoms with E-state index in [1.54, 1.807) is 18.3 Å². The van der Waals surface area contributed by atoms with E-state index in [0.29, 0.717) is 30.6 Å². The van der Waals surface area contributed by atoms with Crippen molar-refractivity contribution in [3.63, 3.8) is 0 Å². The van der Waals surface area contributed by atoms with Crippen LogP contribution in [0.5, 0.6) is 0 Å². The molecule has 0 unspecified atom stereocenters. The van der Waals surface area contributed by atoms with E-state index in [2.05, 4.69) is 15.0 Å². The largest absolute Gasteiger partial charge is 0.381 e. The first-order valence-electron chi connectivity index (χ1n) is 13.8. The van der Waals surface area contributed by atoms with Crippen molar-refractivity contribution < 1.29 is 31.5 Å². The normalized spacial score (nSPS) is 23.1. The number of amides is 1. The zero-order valence-electron chi connectivity index (χ0n) is 21.9. The SMILES string of the molecule is O=C(N1CC(F)(F)C1)C1(c2ccc3[nH]c([C@@H](Cc4ccccn4)C4CCC(F)(F)CC4)nc3c2F)CCOCC1. The second-order valence-electron chi connectivity index (χ2n) is 11.5. The van der Waals surface area contributed by atoms with Gasteiger partial charge in [0, 0.05) is 49.4 Å². The van der Waals surface area contributed by atoms with Crippen LogP contribution < -0.4 is 0 Å². The van der Waals surface area contributed by atoms with Crippen molar-refractivity contribution in [3.05, 3.63) is 59.4 Å². The number of aromatic nitrogens is 3. The molecule has 0 bridgehead atoms. The summed E-state index contributed by atoms with van der Waals surface area (Å²) in [5.41, 5.74) is 0.0552. The van der Waals surface area contributed by atoms with Gasteiger partial charge in [0.05, 0.1) is 24.0 Å². The van der Waals surface area contributed by atoms with Crippen LogP contribution >= 0.6 is 0 Å². The molecule has 4 heterocycles. The second-order valence-corrected chi connectivity index (χ2v) is 11.5. The molecule has 1 N–H and O–H groups in total. The molecule has 3 aromatic rings. The van der Waals surface area contributed by atoms with Gasteiger partial charge in [0.15, 0.2) is 5.82 Å². The number of benzene rings is 1. The van der Waals surface area contributed by atoms with Crippen molar-refractivity contribution in [1.29, 1.82) is 0 Å². The van der Waals surface area contributed by atoms with E-state index in [1.807, 2.05) is 12.1 Å². The van der Waals surface area contributed by atoms with Crippen molar-refractivity contribution in [3.8, 4) is 0 Å². The molecule has 2 saturated heterocycles. The van der Waals surface area contributed by atoms with Gasteiger partial charge >= 0.3 is 0 Å². The highest BCUT2D eigenvalue weighted by atomic mass is 19.3. The molecule has 2 aliphatic heterocycles.